The van der Waals surface area contributed by atoms with E-state index in [0.717, 1.165) is 13.0 Å². The Morgan fingerprint density at radius 2 is 2.19 bits per heavy atom. The summed E-state index contributed by atoms with van der Waals surface area (Å²) in [5.74, 6) is 0. The lowest BCUT2D eigenvalue weighted by Crippen LogP contribution is -2.46. The van der Waals surface area contributed by atoms with Gasteiger partial charge in [0.1, 0.15) is 0 Å². The highest BCUT2D eigenvalue weighted by atomic mass is 16.5. The van der Waals surface area contributed by atoms with Crippen LogP contribution in [0, 0.1) is 0 Å². The van der Waals surface area contributed by atoms with Crippen LogP contribution in [0.3, 0.4) is 0 Å². The first-order chi connectivity index (χ1) is 7.57. The number of hydrogen-bond acceptors (Lipinski definition) is 3. The van der Waals surface area contributed by atoms with Gasteiger partial charge in [-0.15, -0.1) is 0 Å². The summed E-state index contributed by atoms with van der Waals surface area (Å²) >= 11 is 0. The van der Waals surface area contributed by atoms with Crippen molar-refractivity contribution in [2.24, 2.45) is 0 Å². The molecule has 1 unspecified atom stereocenters. The van der Waals surface area contributed by atoms with Crippen molar-refractivity contribution in [2.75, 3.05) is 33.3 Å². The van der Waals surface area contributed by atoms with Gasteiger partial charge < -0.3 is 15.0 Å². The summed E-state index contributed by atoms with van der Waals surface area (Å²) in [6.07, 6.45) is 3.73. The van der Waals surface area contributed by atoms with Crippen molar-refractivity contribution in [1.29, 1.82) is 0 Å². The van der Waals surface area contributed by atoms with E-state index in [1.165, 1.54) is 32.5 Å². The molecule has 1 aliphatic heterocycles. The number of hydrogen-bond donors (Lipinski definition) is 1. The monoisotopic (exact) mass is 228 g/mol. The fourth-order valence-corrected chi connectivity index (χ4v) is 2.19. The Bertz CT molecular complexity index is 194. The van der Waals surface area contributed by atoms with Gasteiger partial charge in [-0.3, -0.25) is 0 Å². The Kier molecular flexibility index (Phi) is 5.73. The standard InChI is InChI=1S/C13H28N2O/c1-5-15-10-6-7-12(11-15)14-9-8-13(2,3)16-4/h12,14H,5-11H2,1-4H3. The molecule has 0 aromatic carbocycles. The molecule has 0 amide bonds. The van der Waals surface area contributed by atoms with Crippen LogP contribution in [-0.4, -0.2) is 49.8 Å². The molecule has 1 N–H and O–H groups in total. The maximum Gasteiger partial charge on any atom is 0.0634 e. The van der Waals surface area contributed by atoms with Crippen molar-refractivity contribution >= 4 is 0 Å². The minimum atomic E-state index is 0.00606. The first kappa shape index (κ1) is 13.9. The molecule has 0 saturated carbocycles. The second-order valence-corrected chi connectivity index (χ2v) is 5.40. The molecule has 0 spiro atoms. The normalized spacial score (nSPS) is 23.6. The smallest absolute Gasteiger partial charge is 0.0634 e. The van der Waals surface area contributed by atoms with Gasteiger partial charge >= 0.3 is 0 Å². The lowest BCUT2D eigenvalue weighted by Gasteiger charge is -2.33. The van der Waals surface area contributed by atoms with Crippen molar-refractivity contribution < 1.29 is 4.74 Å². The fourth-order valence-electron chi connectivity index (χ4n) is 2.19. The van der Waals surface area contributed by atoms with E-state index in [1.54, 1.807) is 7.11 Å². The average Bonchev–Trinajstić information content (AvgIpc) is 2.29. The van der Waals surface area contributed by atoms with Gasteiger partial charge in [-0.2, -0.15) is 0 Å². The van der Waals surface area contributed by atoms with Crippen LogP contribution >= 0.6 is 0 Å². The number of nitrogens with one attached hydrogen (secondary N) is 1. The topological polar surface area (TPSA) is 24.5 Å². The van der Waals surface area contributed by atoms with Gasteiger partial charge in [0.2, 0.25) is 0 Å². The molecule has 0 radical (unpaired) electrons. The number of likely N-dealkylation sites (tertiary alicyclic amines) is 1. The van der Waals surface area contributed by atoms with Crippen molar-refractivity contribution in [1.82, 2.24) is 10.2 Å². The summed E-state index contributed by atoms with van der Waals surface area (Å²) < 4.78 is 5.42. The maximum atomic E-state index is 5.42. The molecule has 1 rings (SSSR count). The molecule has 1 fully saturated rings. The first-order valence-electron chi connectivity index (χ1n) is 6.58. The van der Waals surface area contributed by atoms with Crippen LogP contribution in [0.1, 0.15) is 40.0 Å². The number of methoxy groups -OCH3 is 1. The summed E-state index contributed by atoms with van der Waals surface area (Å²) in [6, 6.07) is 0.682. The van der Waals surface area contributed by atoms with Crippen LogP contribution < -0.4 is 5.32 Å². The number of rotatable bonds is 6. The Labute approximate surface area is 101 Å². The molecule has 96 valence electrons. The third kappa shape index (κ3) is 4.81. The first-order valence-corrected chi connectivity index (χ1v) is 6.58. The molecular formula is C13H28N2O. The summed E-state index contributed by atoms with van der Waals surface area (Å²) in [5.41, 5.74) is 0.00606. The van der Waals surface area contributed by atoms with Crippen LogP contribution in [0.2, 0.25) is 0 Å². The van der Waals surface area contributed by atoms with Crippen molar-refractivity contribution in [3.8, 4) is 0 Å². The van der Waals surface area contributed by atoms with E-state index in [-0.39, 0.29) is 5.60 Å². The molecule has 0 aliphatic carbocycles. The molecule has 1 atom stereocenters. The van der Waals surface area contributed by atoms with Gasteiger partial charge in [0.05, 0.1) is 5.60 Å². The lowest BCUT2D eigenvalue weighted by atomic mass is 10.0. The largest absolute Gasteiger partial charge is 0.379 e. The predicted octanol–water partition coefficient (Wildman–Crippen LogP) is 1.88. The second-order valence-electron chi connectivity index (χ2n) is 5.40. The fraction of sp³-hybridized carbons (Fsp3) is 1.00. The molecular weight excluding hydrogens is 200 g/mol. The van der Waals surface area contributed by atoms with Gasteiger partial charge in [-0.05, 0) is 52.7 Å². The highest BCUT2D eigenvalue weighted by Crippen LogP contribution is 2.13. The van der Waals surface area contributed by atoms with E-state index in [1.807, 2.05) is 0 Å². The van der Waals surface area contributed by atoms with E-state index in [4.69, 9.17) is 4.74 Å². The summed E-state index contributed by atoms with van der Waals surface area (Å²) in [5, 5.41) is 3.65. The van der Waals surface area contributed by atoms with E-state index in [9.17, 15) is 0 Å². The zero-order chi connectivity index (χ0) is 12.0. The van der Waals surface area contributed by atoms with Gasteiger partial charge in [-0.25, -0.2) is 0 Å². The molecule has 0 aromatic heterocycles. The second kappa shape index (κ2) is 6.58. The molecule has 16 heavy (non-hydrogen) atoms. The summed E-state index contributed by atoms with van der Waals surface area (Å²) in [4.78, 5) is 2.53. The Morgan fingerprint density at radius 1 is 1.44 bits per heavy atom. The van der Waals surface area contributed by atoms with Crippen LogP contribution in [0.5, 0.6) is 0 Å². The van der Waals surface area contributed by atoms with Crippen molar-refractivity contribution in [2.45, 2.75) is 51.7 Å². The van der Waals surface area contributed by atoms with Crippen molar-refractivity contribution in [3.63, 3.8) is 0 Å². The van der Waals surface area contributed by atoms with E-state index in [2.05, 4.69) is 31.0 Å². The Morgan fingerprint density at radius 3 is 2.81 bits per heavy atom. The molecule has 1 heterocycles. The highest BCUT2D eigenvalue weighted by Gasteiger charge is 2.20. The summed E-state index contributed by atoms with van der Waals surface area (Å²) in [6.45, 7) is 11.3. The third-order valence-corrected chi connectivity index (χ3v) is 3.67. The molecule has 3 nitrogen and oxygen atoms in total. The van der Waals surface area contributed by atoms with E-state index in [0.29, 0.717) is 6.04 Å². The number of ether oxygens (including phenoxy) is 1. The zero-order valence-corrected chi connectivity index (χ0v) is 11.4. The highest BCUT2D eigenvalue weighted by molar-refractivity contribution is 4.79. The number of nitrogens with zero attached hydrogens (tertiary/aromatic N) is 1. The number of piperidine rings is 1. The predicted molar refractivity (Wildman–Crippen MR) is 68.8 cm³/mol. The van der Waals surface area contributed by atoms with Gasteiger partial charge in [0.25, 0.3) is 0 Å². The van der Waals surface area contributed by atoms with Crippen LogP contribution in [-0.2, 0) is 4.74 Å². The van der Waals surface area contributed by atoms with E-state index < -0.39 is 0 Å². The van der Waals surface area contributed by atoms with Gasteiger partial charge in [0, 0.05) is 19.7 Å². The quantitative estimate of drug-likeness (QED) is 0.751. The van der Waals surface area contributed by atoms with Crippen LogP contribution in [0.15, 0.2) is 0 Å². The Balaban J connectivity index is 2.17. The SMILES string of the molecule is CCN1CCCC(NCCC(C)(C)OC)C1. The minimum Gasteiger partial charge on any atom is -0.379 e. The minimum absolute atomic E-state index is 0.00606. The Hall–Kier alpha value is -0.120. The summed E-state index contributed by atoms with van der Waals surface area (Å²) in [7, 11) is 1.79. The average molecular weight is 228 g/mol. The van der Waals surface area contributed by atoms with Crippen LogP contribution in [0.25, 0.3) is 0 Å². The molecule has 0 aromatic rings. The lowest BCUT2D eigenvalue weighted by molar-refractivity contribution is 0.0147. The molecule has 3 heteroatoms. The molecule has 0 bridgehead atoms. The molecule has 1 saturated heterocycles. The number of likely N-dealkylation sites (N-methyl/N-ethyl adjacent to an activating group) is 1. The maximum absolute atomic E-state index is 5.42. The third-order valence-electron chi connectivity index (χ3n) is 3.67. The zero-order valence-electron chi connectivity index (χ0n) is 11.4. The van der Waals surface area contributed by atoms with E-state index >= 15 is 0 Å². The van der Waals surface area contributed by atoms with Crippen LogP contribution in [0.4, 0.5) is 0 Å². The molecule has 1 aliphatic rings. The van der Waals surface area contributed by atoms with Gasteiger partial charge in [0.15, 0.2) is 0 Å². The van der Waals surface area contributed by atoms with Gasteiger partial charge in [-0.1, -0.05) is 6.92 Å². The van der Waals surface area contributed by atoms with Crippen molar-refractivity contribution in [3.05, 3.63) is 0 Å².